The lowest BCUT2D eigenvalue weighted by molar-refractivity contribution is -0.124. The highest BCUT2D eigenvalue weighted by Gasteiger charge is 2.37. The van der Waals surface area contributed by atoms with E-state index in [2.05, 4.69) is 20.9 Å². The van der Waals surface area contributed by atoms with Gasteiger partial charge in [-0.2, -0.15) is 0 Å². The van der Waals surface area contributed by atoms with Gasteiger partial charge in [-0.25, -0.2) is 4.98 Å². The summed E-state index contributed by atoms with van der Waals surface area (Å²) in [6, 6.07) is 8.92. The van der Waals surface area contributed by atoms with Crippen LogP contribution in [0.1, 0.15) is 13.3 Å². The predicted octanol–water partition coefficient (Wildman–Crippen LogP) is 3.27. The van der Waals surface area contributed by atoms with Crippen molar-refractivity contribution in [3.05, 3.63) is 41.0 Å². The van der Waals surface area contributed by atoms with Gasteiger partial charge in [-0.1, -0.05) is 0 Å². The molecule has 0 radical (unpaired) electrons. The first-order chi connectivity index (χ1) is 13.5. The molecular formula is C20H22BrN3O4. The summed E-state index contributed by atoms with van der Waals surface area (Å²) in [6.07, 6.45) is 1.82. The highest BCUT2D eigenvalue weighted by Crippen LogP contribution is 2.34. The van der Waals surface area contributed by atoms with Crippen molar-refractivity contribution in [2.75, 3.05) is 37.1 Å². The van der Waals surface area contributed by atoms with Crippen LogP contribution in [0.2, 0.25) is 0 Å². The van der Waals surface area contributed by atoms with Crippen molar-refractivity contribution in [2.45, 2.75) is 13.3 Å². The molecule has 0 N–H and O–H groups in total. The number of ether oxygens (including phenoxy) is 2. The fourth-order valence-corrected chi connectivity index (χ4v) is 3.53. The van der Waals surface area contributed by atoms with Gasteiger partial charge in [0.25, 0.3) is 0 Å². The molecule has 0 saturated carbocycles. The number of rotatable bonds is 6. The lowest BCUT2D eigenvalue weighted by Gasteiger charge is -2.23. The summed E-state index contributed by atoms with van der Waals surface area (Å²) in [4.78, 5) is 33.2. The molecule has 1 unspecified atom stereocenters. The van der Waals surface area contributed by atoms with E-state index in [1.165, 1.54) is 0 Å². The third-order valence-electron chi connectivity index (χ3n) is 4.72. The molecule has 1 aliphatic heterocycles. The molecule has 1 aromatic heterocycles. The number of aromatic nitrogens is 1. The van der Waals surface area contributed by atoms with Crippen LogP contribution in [0.15, 0.2) is 41.0 Å². The van der Waals surface area contributed by atoms with Gasteiger partial charge in [0.15, 0.2) is 11.5 Å². The summed E-state index contributed by atoms with van der Waals surface area (Å²) >= 11 is 3.35. The van der Waals surface area contributed by atoms with Crippen LogP contribution in [0.25, 0.3) is 0 Å². The van der Waals surface area contributed by atoms with Crippen LogP contribution in [-0.4, -0.2) is 44.1 Å². The fourth-order valence-electron chi connectivity index (χ4n) is 3.29. The van der Waals surface area contributed by atoms with Gasteiger partial charge >= 0.3 is 0 Å². The van der Waals surface area contributed by atoms with Crippen LogP contribution < -0.4 is 19.3 Å². The number of hydrogen-bond acceptors (Lipinski definition) is 5. The Morgan fingerprint density at radius 2 is 2.00 bits per heavy atom. The highest BCUT2D eigenvalue weighted by molar-refractivity contribution is 9.10. The zero-order chi connectivity index (χ0) is 20.3. The Morgan fingerprint density at radius 3 is 2.61 bits per heavy atom. The number of benzene rings is 1. The van der Waals surface area contributed by atoms with E-state index in [4.69, 9.17) is 9.47 Å². The molecule has 2 aromatic rings. The van der Waals surface area contributed by atoms with Gasteiger partial charge in [0.05, 0.1) is 20.1 Å². The minimum Gasteiger partial charge on any atom is -0.493 e. The van der Waals surface area contributed by atoms with Gasteiger partial charge in [0.2, 0.25) is 11.8 Å². The lowest BCUT2D eigenvalue weighted by atomic mass is 10.1. The summed E-state index contributed by atoms with van der Waals surface area (Å²) < 4.78 is 11.4. The second-order valence-corrected chi connectivity index (χ2v) is 7.28. The maximum atomic E-state index is 13.1. The van der Waals surface area contributed by atoms with Crippen molar-refractivity contribution < 1.29 is 19.1 Å². The molecule has 0 bridgehead atoms. The largest absolute Gasteiger partial charge is 0.493 e. The van der Waals surface area contributed by atoms with Gasteiger partial charge in [0, 0.05) is 41.9 Å². The van der Waals surface area contributed by atoms with E-state index in [0.29, 0.717) is 36.1 Å². The molecule has 1 aliphatic rings. The topological polar surface area (TPSA) is 72.0 Å². The lowest BCUT2D eigenvalue weighted by Crippen LogP contribution is -2.38. The van der Waals surface area contributed by atoms with Crippen molar-refractivity contribution in [1.82, 2.24) is 4.98 Å². The Bertz CT molecular complexity index is 872. The Morgan fingerprint density at radius 1 is 1.25 bits per heavy atom. The van der Waals surface area contributed by atoms with Gasteiger partial charge in [-0.15, -0.1) is 0 Å². The second-order valence-electron chi connectivity index (χ2n) is 6.36. The smallest absolute Gasteiger partial charge is 0.233 e. The quantitative estimate of drug-likeness (QED) is 0.679. The first kappa shape index (κ1) is 20.1. The van der Waals surface area contributed by atoms with Crippen LogP contribution >= 0.6 is 15.9 Å². The van der Waals surface area contributed by atoms with E-state index in [9.17, 15) is 9.59 Å². The third kappa shape index (κ3) is 3.96. The number of anilines is 2. The van der Waals surface area contributed by atoms with E-state index in [1.807, 2.05) is 13.0 Å². The molecule has 2 heterocycles. The second kappa shape index (κ2) is 8.60. The first-order valence-electron chi connectivity index (χ1n) is 8.93. The molecule has 28 heavy (non-hydrogen) atoms. The zero-order valence-corrected chi connectivity index (χ0v) is 17.6. The molecule has 3 rings (SSSR count). The maximum absolute atomic E-state index is 13.1. The maximum Gasteiger partial charge on any atom is 0.233 e. The van der Waals surface area contributed by atoms with Gasteiger partial charge in [0.1, 0.15) is 5.82 Å². The SMILES string of the molecule is CCN(C(=O)C1CC(=O)N(c2ccc(OC)c(OC)c2)C1)c1ccc(Br)cn1. The monoisotopic (exact) mass is 447 g/mol. The number of pyridine rings is 1. The molecule has 7 nitrogen and oxygen atoms in total. The Kier molecular flexibility index (Phi) is 6.18. The number of hydrogen-bond donors (Lipinski definition) is 0. The van der Waals surface area contributed by atoms with Crippen LogP contribution in [-0.2, 0) is 9.59 Å². The molecule has 1 fully saturated rings. The minimum atomic E-state index is -0.425. The number of nitrogens with zero attached hydrogens (tertiary/aromatic N) is 3. The van der Waals surface area contributed by atoms with Crippen molar-refractivity contribution in [1.29, 1.82) is 0 Å². The average Bonchev–Trinajstić information content (AvgIpc) is 3.11. The van der Waals surface area contributed by atoms with E-state index in [1.54, 1.807) is 54.5 Å². The van der Waals surface area contributed by atoms with E-state index >= 15 is 0 Å². The molecule has 0 aliphatic carbocycles. The summed E-state index contributed by atoms with van der Waals surface area (Å²) in [6.45, 7) is 2.69. The van der Waals surface area contributed by atoms with Gasteiger partial charge < -0.3 is 14.4 Å². The Hall–Kier alpha value is -2.61. The Balaban J connectivity index is 1.79. The molecule has 1 aromatic carbocycles. The summed E-state index contributed by atoms with van der Waals surface area (Å²) in [5, 5.41) is 0. The van der Waals surface area contributed by atoms with Crippen molar-refractivity contribution in [3.63, 3.8) is 0 Å². The molecule has 1 atom stereocenters. The molecule has 2 amide bonds. The standard InChI is InChI=1S/C20H22BrN3O4/c1-4-23(18-8-5-14(21)11-22-18)20(26)13-9-19(25)24(12-13)15-6-7-16(27-2)17(10-15)28-3/h5-8,10-11,13H,4,9,12H2,1-3H3. The number of methoxy groups -OCH3 is 2. The van der Waals surface area contributed by atoms with Crippen LogP contribution in [0.5, 0.6) is 11.5 Å². The summed E-state index contributed by atoms with van der Waals surface area (Å²) in [7, 11) is 3.10. The third-order valence-corrected chi connectivity index (χ3v) is 5.19. The molecule has 148 valence electrons. The zero-order valence-electron chi connectivity index (χ0n) is 16.0. The van der Waals surface area contributed by atoms with Crippen molar-refractivity contribution in [3.8, 4) is 11.5 Å². The predicted molar refractivity (Wildman–Crippen MR) is 110 cm³/mol. The van der Waals surface area contributed by atoms with Crippen LogP contribution in [0, 0.1) is 5.92 Å². The normalized spacial score (nSPS) is 16.2. The van der Waals surface area contributed by atoms with E-state index in [-0.39, 0.29) is 18.2 Å². The molecular weight excluding hydrogens is 426 g/mol. The van der Waals surface area contributed by atoms with Gasteiger partial charge in [-0.05, 0) is 47.1 Å². The highest BCUT2D eigenvalue weighted by atomic mass is 79.9. The van der Waals surface area contributed by atoms with Crippen molar-refractivity contribution in [2.24, 2.45) is 5.92 Å². The van der Waals surface area contributed by atoms with Crippen molar-refractivity contribution >= 4 is 39.2 Å². The fraction of sp³-hybridized carbons (Fsp3) is 0.350. The first-order valence-corrected chi connectivity index (χ1v) is 9.73. The summed E-state index contributed by atoms with van der Waals surface area (Å²) in [5.74, 6) is 1.08. The van der Waals surface area contributed by atoms with Gasteiger partial charge in [-0.3, -0.25) is 14.5 Å². The molecule has 1 saturated heterocycles. The summed E-state index contributed by atoms with van der Waals surface area (Å²) in [5.41, 5.74) is 0.683. The number of carbonyl (C=O) groups excluding carboxylic acids is 2. The van der Waals surface area contributed by atoms with E-state index in [0.717, 1.165) is 4.47 Å². The van der Waals surface area contributed by atoms with Crippen LogP contribution in [0.4, 0.5) is 11.5 Å². The Labute approximate surface area is 172 Å². The number of halogens is 1. The average molecular weight is 448 g/mol. The molecule has 0 spiro atoms. The van der Waals surface area contributed by atoms with Crippen LogP contribution in [0.3, 0.4) is 0 Å². The van der Waals surface area contributed by atoms with E-state index < -0.39 is 5.92 Å². The minimum absolute atomic E-state index is 0.0922. The number of amides is 2. The molecule has 8 heteroatoms. The number of carbonyl (C=O) groups is 2.